The number of benzene rings is 2. The van der Waals surface area contributed by atoms with Gasteiger partial charge in [0.25, 0.3) is 0 Å². The Balaban J connectivity index is 0.000000186. The van der Waals surface area contributed by atoms with Crippen molar-refractivity contribution in [1.82, 2.24) is 9.97 Å². The van der Waals surface area contributed by atoms with Crippen LogP contribution in [0.25, 0.3) is 0 Å². The van der Waals surface area contributed by atoms with Crippen molar-refractivity contribution in [2.24, 2.45) is 10.3 Å². The van der Waals surface area contributed by atoms with Crippen molar-refractivity contribution in [3.8, 4) is 23.0 Å². The molecule has 62 heavy (non-hydrogen) atoms. The summed E-state index contributed by atoms with van der Waals surface area (Å²) in [7, 11) is -6.89. The van der Waals surface area contributed by atoms with E-state index >= 15 is 0 Å². The van der Waals surface area contributed by atoms with Gasteiger partial charge >= 0.3 is 12.7 Å². The lowest BCUT2D eigenvalue weighted by molar-refractivity contribution is -0.275. The number of aromatic nitrogens is 2. The van der Waals surface area contributed by atoms with Crippen molar-refractivity contribution in [3.05, 3.63) is 96.3 Å². The number of nitrogens with zero attached hydrogens (tertiary/aromatic N) is 4. The number of hydrogen-bond donors (Lipinski definition) is 0. The molecule has 0 N–H and O–H groups in total. The fourth-order valence-corrected chi connectivity index (χ4v) is 10.7. The Hall–Kier alpha value is -5.64. The number of ether oxygens (including phenoxy) is 4. The fourth-order valence-electron chi connectivity index (χ4n) is 7.16. The monoisotopic (exact) mass is 912 g/mol. The molecule has 2 atom stereocenters. The molecule has 2 aromatic heterocycles. The van der Waals surface area contributed by atoms with E-state index in [0.29, 0.717) is 48.3 Å². The predicted molar refractivity (Wildman–Crippen MR) is 207 cm³/mol. The summed E-state index contributed by atoms with van der Waals surface area (Å²) in [5.41, 5.74) is 1.21. The van der Waals surface area contributed by atoms with E-state index in [2.05, 4.69) is 29.8 Å². The van der Waals surface area contributed by atoms with Gasteiger partial charge in [0.2, 0.25) is 11.8 Å². The van der Waals surface area contributed by atoms with E-state index in [0.717, 1.165) is 25.7 Å². The van der Waals surface area contributed by atoms with Crippen molar-refractivity contribution in [2.75, 3.05) is 0 Å². The van der Waals surface area contributed by atoms with E-state index in [1.54, 1.807) is 0 Å². The topological polar surface area (TPSA) is 174 Å². The first-order chi connectivity index (χ1) is 29.4. The van der Waals surface area contributed by atoms with Crippen molar-refractivity contribution in [3.63, 3.8) is 0 Å². The van der Waals surface area contributed by atoms with E-state index in [1.165, 1.54) is 85.2 Å². The quantitative estimate of drug-likeness (QED) is 0.138. The highest BCUT2D eigenvalue weighted by Crippen LogP contribution is 2.34. The Labute approximate surface area is 351 Å². The van der Waals surface area contributed by atoms with Crippen LogP contribution in [-0.4, -0.2) is 61.8 Å². The van der Waals surface area contributed by atoms with E-state index < -0.39 is 44.6 Å². The molecule has 2 aromatic carbocycles. The summed E-state index contributed by atoms with van der Waals surface area (Å²) in [4.78, 5) is 18.7. The van der Waals surface area contributed by atoms with Gasteiger partial charge in [0.05, 0.1) is 35.7 Å². The number of hydrogen-bond acceptors (Lipinski definition) is 14. The van der Waals surface area contributed by atoms with Gasteiger partial charge in [-0.1, -0.05) is 60.3 Å². The molecular weight excluding hydrogens is 875 g/mol. The van der Waals surface area contributed by atoms with Gasteiger partial charge in [-0.25, -0.2) is 26.8 Å². The van der Waals surface area contributed by atoms with Crippen LogP contribution in [0.15, 0.2) is 106 Å². The van der Waals surface area contributed by atoms with Gasteiger partial charge in [-0.2, -0.15) is 0 Å². The number of rotatable bonds is 10. The normalized spacial score (nSPS) is 19.7. The summed E-state index contributed by atoms with van der Waals surface area (Å²) in [6.07, 6.45) is -1.17. The highest BCUT2D eigenvalue weighted by molar-refractivity contribution is 7.92. The first-order valence-corrected chi connectivity index (χ1v) is 22.4. The van der Waals surface area contributed by atoms with Gasteiger partial charge in [-0.3, -0.25) is 0 Å². The molecule has 2 aliphatic carbocycles. The molecular formula is C40H38F6N4O10S2. The number of halogens is 6. The third-order valence-electron chi connectivity index (χ3n) is 10.2. The van der Waals surface area contributed by atoms with Crippen LogP contribution in [-0.2, 0) is 29.3 Å². The van der Waals surface area contributed by atoms with E-state index in [-0.39, 0.29) is 56.7 Å². The lowest BCUT2D eigenvalue weighted by Crippen LogP contribution is -2.19. The minimum atomic E-state index is -4.75. The Bertz CT molecular complexity index is 2270. The lowest BCUT2D eigenvalue weighted by Gasteiger charge is -2.12. The smallest absolute Gasteiger partial charge is 0.438 e. The molecule has 332 valence electrons. The van der Waals surface area contributed by atoms with Crippen LogP contribution >= 0.6 is 0 Å². The molecule has 0 spiro atoms. The Morgan fingerprint density at radius 1 is 0.500 bits per heavy atom. The molecule has 0 bridgehead atoms. The largest absolute Gasteiger partial charge is 0.573 e. The van der Waals surface area contributed by atoms with Gasteiger partial charge in [-0.05, 0) is 85.3 Å². The summed E-state index contributed by atoms with van der Waals surface area (Å²) >= 11 is 0. The van der Waals surface area contributed by atoms with Crippen molar-refractivity contribution in [2.45, 2.75) is 110 Å². The summed E-state index contributed by atoms with van der Waals surface area (Å²) in [6.45, 7) is 0. The summed E-state index contributed by atoms with van der Waals surface area (Å²) in [6, 6.07) is 16.4. The number of alkyl halides is 6. The van der Waals surface area contributed by atoms with Crippen molar-refractivity contribution < 1.29 is 71.8 Å². The lowest BCUT2D eigenvalue weighted by atomic mass is 10.1. The average Bonchev–Trinajstić information content (AvgIpc) is 4.07. The Morgan fingerprint density at radius 2 is 0.839 bits per heavy atom. The van der Waals surface area contributed by atoms with E-state index in [4.69, 9.17) is 19.1 Å². The van der Waals surface area contributed by atoms with Crippen LogP contribution in [0.1, 0.15) is 87.5 Å². The molecule has 22 heteroatoms. The van der Waals surface area contributed by atoms with Crippen LogP contribution in [0.4, 0.5) is 26.3 Å². The molecule has 14 nitrogen and oxygen atoms in total. The van der Waals surface area contributed by atoms with Crippen LogP contribution in [0, 0.1) is 0 Å². The zero-order chi connectivity index (χ0) is 44.1. The molecule has 0 saturated heterocycles. The third kappa shape index (κ3) is 11.4. The van der Waals surface area contributed by atoms with E-state index in [9.17, 15) is 43.2 Å². The van der Waals surface area contributed by atoms with Gasteiger partial charge in [-0.15, -0.1) is 26.3 Å². The maximum atomic E-state index is 12.6. The third-order valence-corrected chi connectivity index (χ3v) is 14.6. The number of sulfone groups is 2. The summed E-state index contributed by atoms with van der Waals surface area (Å²) in [5, 5.41) is 6.97. The second kappa shape index (κ2) is 18.4. The highest BCUT2D eigenvalue weighted by atomic mass is 32.2. The fraction of sp³-hybridized carbons (Fsp3) is 0.400. The predicted octanol–water partition coefficient (Wildman–Crippen LogP) is 9.10. The van der Waals surface area contributed by atoms with Gasteiger partial charge < -0.3 is 28.6 Å². The number of pyridine rings is 2. The summed E-state index contributed by atoms with van der Waals surface area (Å²) in [5.74, 6) is 0.447. The first kappa shape index (κ1) is 44.4. The molecule has 2 saturated carbocycles. The molecule has 4 aromatic rings. The Morgan fingerprint density at radius 3 is 1.15 bits per heavy atom. The minimum Gasteiger partial charge on any atom is -0.438 e. The van der Waals surface area contributed by atoms with Crippen LogP contribution < -0.4 is 18.9 Å². The molecule has 2 aliphatic heterocycles. The van der Waals surface area contributed by atoms with Crippen LogP contribution in [0.2, 0.25) is 0 Å². The second-order valence-electron chi connectivity index (χ2n) is 14.6. The molecule has 0 amide bonds. The number of oxime groups is 2. The SMILES string of the molecule is O=S(=O)(c1ccc(OC2=NO[C@@H](c3ccc(OC(F)(F)F)cc3)C2)cn1)C1CCCC1.O=S(=O)(c1ccc(OC2=NO[C@H](c3ccc(OC(F)(F)F)cc3)C2)cn1)C1CCCC1. The highest BCUT2D eigenvalue weighted by Gasteiger charge is 2.35. The minimum absolute atomic E-state index is 0.0235. The zero-order valence-electron chi connectivity index (χ0n) is 32.4. The maximum Gasteiger partial charge on any atom is 0.573 e. The van der Waals surface area contributed by atoms with Gasteiger partial charge in [0.1, 0.15) is 23.0 Å². The maximum absolute atomic E-state index is 12.6. The Kier molecular flexibility index (Phi) is 13.2. The van der Waals surface area contributed by atoms with Gasteiger partial charge in [0, 0.05) is 0 Å². The van der Waals surface area contributed by atoms with Crippen molar-refractivity contribution >= 4 is 31.5 Å². The summed E-state index contributed by atoms with van der Waals surface area (Å²) < 4.78 is 143. The zero-order valence-corrected chi connectivity index (χ0v) is 34.1. The standard InChI is InChI=1S/2C20H19F3N2O5S/c2*21-20(22,23)29-14-7-5-13(6-8-14)17-11-18(25-30-17)28-15-9-10-19(24-12-15)31(26,27)16-3-1-2-4-16/h2*5-10,12,16-17H,1-4,11H2/t2*17-/m10/s1. The van der Waals surface area contributed by atoms with E-state index in [1.807, 2.05) is 0 Å². The van der Waals surface area contributed by atoms with Gasteiger partial charge in [0.15, 0.2) is 41.9 Å². The van der Waals surface area contributed by atoms with Crippen molar-refractivity contribution in [1.29, 1.82) is 0 Å². The average molecular weight is 913 g/mol. The molecule has 8 rings (SSSR count). The molecule has 0 unspecified atom stereocenters. The molecule has 2 fully saturated rings. The second-order valence-corrected chi connectivity index (χ2v) is 18.9. The van der Waals surface area contributed by atoms with Crippen LogP contribution in [0.3, 0.4) is 0 Å². The van der Waals surface area contributed by atoms with Crippen LogP contribution in [0.5, 0.6) is 23.0 Å². The molecule has 4 aliphatic rings. The molecule has 0 radical (unpaired) electrons. The first-order valence-electron chi connectivity index (χ1n) is 19.3. The molecule has 4 heterocycles.